The van der Waals surface area contributed by atoms with Gasteiger partial charge >= 0.3 is 6.36 Å². The Morgan fingerprint density at radius 1 is 1.00 bits per heavy atom. The molecule has 1 atom stereocenters. The third kappa shape index (κ3) is 6.62. The van der Waals surface area contributed by atoms with Crippen molar-refractivity contribution < 1.29 is 32.5 Å². The van der Waals surface area contributed by atoms with Crippen LogP contribution in [-0.2, 0) is 0 Å². The van der Waals surface area contributed by atoms with Gasteiger partial charge in [-0.25, -0.2) is 4.98 Å². The molecule has 0 aliphatic carbocycles. The summed E-state index contributed by atoms with van der Waals surface area (Å²) in [6.45, 7) is 1.56. The number of ether oxygens (including phenoxy) is 3. The Morgan fingerprint density at radius 2 is 1.79 bits per heavy atom. The smallest absolute Gasteiger partial charge is 0.497 e. The fraction of sp³-hybridized carbons (Fsp3) is 0.273. The largest absolute Gasteiger partial charge is 0.573 e. The summed E-state index contributed by atoms with van der Waals surface area (Å²) in [5.74, 6) is 1.24. The van der Waals surface area contributed by atoms with Gasteiger partial charge in [0.15, 0.2) is 0 Å². The van der Waals surface area contributed by atoms with Gasteiger partial charge in [-0.05, 0) is 31.2 Å². The molecule has 3 N–H and O–H groups in total. The highest BCUT2D eigenvalue weighted by Gasteiger charge is 2.31. The highest BCUT2D eigenvalue weighted by Crippen LogP contribution is 2.33. The summed E-state index contributed by atoms with van der Waals surface area (Å²) in [5, 5.41) is 15.4. The monoisotopic (exact) mass is 464 g/mol. The van der Waals surface area contributed by atoms with Crippen LogP contribution in [-0.4, -0.2) is 48.3 Å². The van der Waals surface area contributed by atoms with Crippen LogP contribution in [0.5, 0.6) is 17.2 Å². The lowest BCUT2D eigenvalue weighted by Gasteiger charge is -2.16. The number of aromatic nitrogens is 2. The minimum Gasteiger partial charge on any atom is -0.497 e. The quantitative estimate of drug-likeness (QED) is 0.423. The van der Waals surface area contributed by atoms with Gasteiger partial charge in [0.2, 0.25) is 5.95 Å². The molecular formula is C22H23F3N4O4. The molecule has 1 heterocycles. The van der Waals surface area contributed by atoms with Gasteiger partial charge in [-0.2, -0.15) is 4.98 Å². The van der Waals surface area contributed by atoms with Gasteiger partial charge in [-0.3, -0.25) is 0 Å². The van der Waals surface area contributed by atoms with E-state index in [4.69, 9.17) is 9.47 Å². The summed E-state index contributed by atoms with van der Waals surface area (Å²) in [7, 11) is 3.04. The molecule has 33 heavy (non-hydrogen) atoms. The van der Waals surface area contributed by atoms with Crippen LogP contribution < -0.4 is 24.8 Å². The van der Waals surface area contributed by atoms with Crippen LogP contribution in [0.3, 0.4) is 0 Å². The summed E-state index contributed by atoms with van der Waals surface area (Å²) < 4.78 is 52.5. The Morgan fingerprint density at radius 3 is 2.45 bits per heavy atom. The summed E-state index contributed by atoms with van der Waals surface area (Å²) in [6.07, 6.45) is -4.81. The van der Waals surface area contributed by atoms with Gasteiger partial charge < -0.3 is 30.0 Å². The predicted molar refractivity (Wildman–Crippen MR) is 117 cm³/mol. The molecule has 0 spiro atoms. The maximum atomic E-state index is 12.6. The van der Waals surface area contributed by atoms with Crippen molar-refractivity contribution in [3.05, 3.63) is 48.5 Å². The molecule has 0 amide bonds. The van der Waals surface area contributed by atoms with Crippen molar-refractivity contribution >= 4 is 17.5 Å². The molecular weight excluding hydrogens is 441 g/mol. The van der Waals surface area contributed by atoms with Gasteiger partial charge in [-0.1, -0.05) is 12.1 Å². The van der Waals surface area contributed by atoms with Crippen LogP contribution in [0, 0.1) is 0 Å². The normalized spacial score (nSPS) is 12.1. The first-order valence-corrected chi connectivity index (χ1v) is 9.82. The highest BCUT2D eigenvalue weighted by molar-refractivity contribution is 5.71. The molecule has 0 saturated carbocycles. The maximum Gasteiger partial charge on any atom is 0.573 e. The topological polar surface area (TPSA) is 97.8 Å². The van der Waals surface area contributed by atoms with Crippen LogP contribution in [0.4, 0.5) is 30.6 Å². The second-order valence-electron chi connectivity index (χ2n) is 6.96. The minimum atomic E-state index is -4.81. The summed E-state index contributed by atoms with van der Waals surface area (Å²) in [4.78, 5) is 8.78. The van der Waals surface area contributed by atoms with Gasteiger partial charge in [0.1, 0.15) is 23.1 Å². The number of hydrogen-bond acceptors (Lipinski definition) is 8. The molecule has 0 saturated heterocycles. The number of nitrogens with one attached hydrogen (secondary N) is 2. The summed E-state index contributed by atoms with van der Waals surface area (Å²) >= 11 is 0. The van der Waals surface area contributed by atoms with Crippen LogP contribution in [0.15, 0.2) is 48.5 Å². The van der Waals surface area contributed by atoms with E-state index in [1.807, 2.05) is 0 Å². The lowest BCUT2D eigenvalue weighted by atomic mass is 10.1. The van der Waals surface area contributed by atoms with E-state index in [0.717, 1.165) is 0 Å². The zero-order valence-electron chi connectivity index (χ0n) is 18.1. The van der Waals surface area contributed by atoms with E-state index in [-0.39, 0.29) is 24.3 Å². The number of hydrogen-bond donors (Lipinski definition) is 3. The summed E-state index contributed by atoms with van der Waals surface area (Å²) in [5.41, 5.74) is 1.29. The average Bonchev–Trinajstić information content (AvgIpc) is 2.78. The first-order chi connectivity index (χ1) is 15.7. The van der Waals surface area contributed by atoms with E-state index in [9.17, 15) is 18.3 Å². The number of rotatable bonds is 9. The molecule has 3 rings (SSSR count). The molecule has 11 heteroatoms. The number of benzene rings is 2. The molecule has 0 fully saturated rings. The number of halogens is 3. The van der Waals surface area contributed by atoms with Gasteiger partial charge in [0.25, 0.3) is 0 Å². The highest BCUT2D eigenvalue weighted by atomic mass is 19.4. The number of aliphatic hydroxyl groups excluding tert-OH is 1. The molecule has 8 nitrogen and oxygen atoms in total. The SMILES string of the molecule is COc1ccc(Nc2cc(-c3cccc(OC(F)(F)F)c3)nc(N[C@@H](C)CO)n2)c(OC)c1. The Bertz CT molecular complexity index is 1100. The summed E-state index contributed by atoms with van der Waals surface area (Å²) in [6, 6.07) is 11.8. The molecule has 0 aliphatic heterocycles. The van der Waals surface area contributed by atoms with E-state index in [1.165, 1.54) is 32.4 Å². The van der Waals surface area contributed by atoms with E-state index < -0.39 is 6.36 Å². The number of anilines is 3. The van der Waals surface area contributed by atoms with Crippen LogP contribution in [0.2, 0.25) is 0 Å². The Kier molecular flexibility index (Phi) is 7.44. The maximum absolute atomic E-state index is 12.6. The molecule has 1 aromatic heterocycles. The number of alkyl halides is 3. The Hall–Kier alpha value is -3.73. The van der Waals surface area contributed by atoms with Crippen molar-refractivity contribution in [2.24, 2.45) is 0 Å². The van der Waals surface area contributed by atoms with Crippen molar-refractivity contribution in [2.45, 2.75) is 19.3 Å². The predicted octanol–water partition coefficient (Wildman–Crippen LogP) is 4.60. The van der Waals surface area contributed by atoms with Gasteiger partial charge in [0, 0.05) is 23.7 Å². The molecule has 2 aromatic carbocycles. The van der Waals surface area contributed by atoms with Crippen molar-refractivity contribution in [3.63, 3.8) is 0 Å². The third-order valence-electron chi connectivity index (χ3n) is 4.41. The molecule has 0 aliphatic rings. The average molecular weight is 464 g/mol. The van der Waals surface area contributed by atoms with Gasteiger partial charge in [-0.15, -0.1) is 13.2 Å². The molecule has 0 unspecified atom stereocenters. The van der Waals surface area contributed by atoms with E-state index >= 15 is 0 Å². The van der Waals surface area contributed by atoms with Crippen molar-refractivity contribution in [1.29, 1.82) is 0 Å². The third-order valence-corrected chi connectivity index (χ3v) is 4.41. The zero-order chi connectivity index (χ0) is 24.0. The second kappa shape index (κ2) is 10.3. The fourth-order valence-corrected chi connectivity index (χ4v) is 2.88. The fourth-order valence-electron chi connectivity index (χ4n) is 2.88. The lowest BCUT2D eigenvalue weighted by molar-refractivity contribution is -0.274. The second-order valence-corrected chi connectivity index (χ2v) is 6.96. The zero-order valence-corrected chi connectivity index (χ0v) is 18.1. The number of nitrogens with zero attached hydrogens (tertiary/aromatic N) is 2. The number of aliphatic hydroxyl groups is 1. The first kappa shape index (κ1) is 23.9. The van der Waals surface area contributed by atoms with E-state index in [1.54, 1.807) is 37.3 Å². The Labute approximate surface area is 188 Å². The van der Waals surface area contributed by atoms with Crippen molar-refractivity contribution in [1.82, 2.24) is 9.97 Å². The molecule has 0 radical (unpaired) electrons. The van der Waals surface area contributed by atoms with Crippen molar-refractivity contribution in [2.75, 3.05) is 31.5 Å². The van der Waals surface area contributed by atoms with E-state index in [2.05, 4.69) is 25.3 Å². The van der Waals surface area contributed by atoms with Gasteiger partial charge in [0.05, 0.1) is 32.2 Å². The molecule has 3 aromatic rings. The van der Waals surface area contributed by atoms with Crippen LogP contribution in [0.25, 0.3) is 11.3 Å². The Balaban J connectivity index is 2.01. The first-order valence-electron chi connectivity index (χ1n) is 9.82. The van der Waals surface area contributed by atoms with E-state index in [0.29, 0.717) is 34.3 Å². The van der Waals surface area contributed by atoms with Crippen LogP contribution in [0.1, 0.15) is 6.92 Å². The molecule has 176 valence electrons. The minimum absolute atomic E-state index is 0.169. The van der Waals surface area contributed by atoms with Crippen molar-refractivity contribution in [3.8, 4) is 28.5 Å². The standard InChI is InChI=1S/C22H23F3N4O4/c1-13(12-30)26-21-28-18(14-5-4-6-16(9-14)33-22(23,24)25)11-20(29-21)27-17-8-7-15(31-2)10-19(17)32-3/h4-11,13,30H,12H2,1-3H3,(H2,26,27,28,29)/t13-/m0/s1. The van der Waals surface area contributed by atoms with Crippen LogP contribution >= 0.6 is 0 Å². The number of methoxy groups -OCH3 is 2. The lowest BCUT2D eigenvalue weighted by Crippen LogP contribution is -2.21. The molecule has 0 bridgehead atoms.